The van der Waals surface area contributed by atoms with E-state index in [-0.39, 0.29) is 0 Å². The molecular formula is C16H19N5S. The Labute approximate surface area is 133 Å². The number of anilines is 1. The van der Waals surface area contributed by atoms with Crippen LogP contribution in [-0.4, -0.2) is 32.9 Å². The van der Waals surface area contributed by atoms with Crippen LogP contribution in [-0.2, 0) is 0 Å². The minimum absolute atomic E-state index is 0.803. The first-order valence-electron chi connectivity index (χ1n) is 7.92. The molecule has 0 bridgehead atoms. The average Bonchev–Trinajstić information content (AvgIpc) is 3.15. The van der Waals surface area contributed by atoms with E-state index in [0.717, 1.165) is 35.9 Å². The highest BCUT2D eigenvalue weighted by atomic mass is 32.1. The molecule has 1 saturated heterocycles. The van der Waals surface area contributed by atoms with Crippen molar-refractivity contribution in [2.75, 3.05) is 18.0 Å². The lowest BCUT2D eigenvalue weighted by Gasteiger charge is -2.25. The lowest BCUT2D eigenvalue weighted by atomic mass is 10.1. The highest BCUT2D eigenvalue weighted by Crippen LogP contribution is 2.22. The van der Waals surface area contributed by atoms with Crippen molar-refractivity contribution in [3.8, 4) is 11.4 Å². The molecule has 3 aromatic rings. The van der Waals surface area contributed by atoms with E-state index in [9.17, 15) is 0 Å². The lowest BCUT2D eigenvalue weighted by Crippen LogP contribution is -2.28. The molecule has 6 heteroatoms. The lowest BCUT2D eigenvalue weighted by molar-refractivity contribution is 0.552. The summed E-state index contributed by atoms with van der Waals surface area (Å²) in [5.74, 6) is 1.86. The molecule has 1 aliphatic rings. The van der Waals surface area contributed by atoms with Crippen molar-refractivity contribution in [2.24, 2.45) is 0 Å². The van der Waals surface area contributed by atoms with Gasteiger partial charge in [0.1, 0.15) is 5.82 Å². The predicted molar refractivity (Wildman–Crippen MR) is 89.4 cm³/mol. The third kappa shape index (κ3) is 2.59. The van der Waals surface area contributed by atoms with Gasteiger partial charge in [-0.1, -0.05) is 19.3 Å². The molecule has 0 aromatic carbocycles. The molecule has 1 fully saturated rings. The van der Waals surface area contributed by atoms with E-state index in [1.165, 1.54) is 32.1 Å². The molecule has 0 N–H and O–H groups in total. The van der Waals surface area contributed by atoms with E-state index in [2.05, 4.69) is 38.0 Å². The van der Waals surface area contributed by atoms with Gasteiger partial charge in [0.25, 0.3) is 0 Å². The maximum atomic E-state index is 4.81. The minimum atomic E-state index is 0.803. The zero-order valence-electron chi connectivity index (χ0n) is 12.5. The summed E-state index contributed by atoms with van der Waals surface area (Å²) in [6.45, 7) is 2.18. The molecule has 0 aliphatic carbocycles. The van der Waals surface area contributed by atoms with Crippen molar-refractivity contribution < 1.29 is 0 Å². The molecule has 0 amide bonds. The zero-order valence-corrected chi connectivity index (χ0v) is 13.3. The zero-order chi connectivity index (χ0) is 14.8. The third-order valence-corrected chi connectivity index (χ3v) is 4.89. The molecule has 1 aliphatic heterocycles. The first-order chi connectivity index (χ1) is 10.9. The van der Waals surface area contributed by atoms with Crippen LogP contribution in [0.25, 0.3) is 17.0 Å². The van der Waals surface area contributed by atoms with Crippen LogP contribution in [0.15, 0.2) is 29.0 Å². The smallest absolute Gasteiger partial charge is 0.186 e. The predicted octanol–water partition coefficient (Wildman–Crippen LogP) is 3.62. The quantitative estimate of drug-likeness (QED) is 0.725. The molecule has 3 aromatic heterocycles. The van der Waals surface area contributed by atoms with Crippen LogP contribution in [0.3, 0.4) is 0 Å². The normalized spacial score (nSPS) is 16.6. The van der Waals surface area contributed by atoms with Crippen LogP contribution in [0, 0.1) is 0 Å². The van der Waals surface area contributed by atoms with Gasteiger partial charge in [-0.3, -0.25) is 0 Å². The number of hydrogen-bond donors (Lipinski definition) is 0. The van der Waals surface area contributed by atoms with Gasteiger partial charge in [-0.2, -0.15) is 15.9 Å². The molecule has 0 unspecified atom stereocenters. The van der Waals surface area contributed by atoms with Crippen LogP contribution < -0.4 is 4.90 Å². The van der Waals surface area contributed by atoms with Crippen LogP contribution in [0.2, 0.25) is 0 Å². The van der Waals surface area contributed by atoms with E-state index in [0.29, 0.717) is 0 Å². The van der Waals surface area contributed by atoms with E-state index in [1.807, 2.05) is 10.6 Å². The Balaban J connectivity index is 1.71. The molecule has 4 heterocycles. The van der Waals surface area contributed by atoms with Crippen molar-refractivity contribution in [2.45, 2.75) is 32.1 Å². The standard InChI is InChI=1S/C16H19N5S/c1-2-4-9-20(10-5-3-1)15-7-6-14-17-18-16(21(14)19-15)13-8-11-22-12-13/h6-8,11-12H,1-5,9-10H2. The number of nitrogens with zero attached hydrogens (tertiary/aromatic N) is 5. The van der Waals surface area contributed by atoms with Crippen LogP contribution >= 0.6 is 11.3 Å². The highest BCUT2D eigenvalue weighted by Gasteiger charge is 2.14. The topological polar surface area (TPSA) is 46.3 Å². The number of rotatable bonds is 2. The number of fused-ring (bicyclic) bond motifs is 1. The van der Waals surface area contributed by atoms with Crippen molar-refractivity contribution >= 4 is 22.8 Å². The summed E-state index contributed by atoms with van der Waals surface area (Å²) in [4.78, 5) is 2.40. The van der Waals surface area contributed by atoms with Gasteiger partial charge in [0.05, 0.1) is 0 Å². The van der Waals surface area contributed by atoms with Gasteiger partial charge in [0.15, 0.2) is 11.5 Å². The summed E-state index contributed by atoms with van der Waals surface area (Å²) in [5, 5.41) is 17.5. The second-order valence-corrected chi connectivity index (χ2v) is 6.53. The molecular weight excluding hydrogens is 294 g/mol. The summed E-state index contributed by atoms with van der Waals surface area (Å²) in [5.41, 5.74) is 1.88. The maximum absolute atomic E-state index is 4.81. The Bertz CT molecular complexity index is 741. The van der Waals surface area contributed by atoms with Gasteiger partial charge in [-0.05, 0) is 36.4 Å². The Kier molecular flexibility index (Phi) is 3.76. The minimum Gasteiger partial charge on any atom is -0.355 e. The molecule has 114 valence electrons. The van der Waals surface area contributed by atoms with Crippen LogP contribution in [0.5, 0.6) is 0 Å². The first-order valence-corrected chi connectivity index (χ1v) is 8.86. The summed E-state index contributed by atoms with van der Waals surface area (Å²) in [6, 6.07) is 6.15. The monoisotopic (exact) mass is 313 g/mol. The number of aromatic nitrogens is 4. The van der Waals surface area contributed by atoms with E-state index in [1.54, 1.807) is 11.3 Å². The van der Waals surface area contributed by atoms with Crippen LogP contribution in [0.1, 0.15) is 32.1 Å². The van der Waals surface area contributed by atoms with Gasteiger partial charge in [-0.25, -0.2) is 0 Å². The van der Waals surface area contributed by atoms with E-state index in [4.69, 9.17) is 5.10 Å². The summed E-state index contributed by atoms with van der Waals surface area (Å²) in [6.07, 6.45) is 6.52. The van der Waals surface area contributed by atoms with Crippen molar-refractivity contribution in [3.05, 3.63) is 29.0 Å². The highest BCUT2D eigenvalue weighted by molar-refractivity contribution is 7.08. The van der Waals surface area contributed by atoms with Crippen LogP contribution in [0.4, 0.5) is 5.82 Å². The molecule has 5 nitrogen and oxygen atoms in total. The number of thiophene rings is 1. The maximum Gasteiger partial charge on any atom is 0.186 e. The van der Waals surface area contributed by atoms with Gasteiger partial charge in [0, 0.05) is 24.0 Å². The molecule has 0 radical (unpaired) electrons. The molecule has 0 spiro atoms. The SMILES string of the molecule is c1cc(-c2nnc3ccc(N4CCCCCCC4)nn23)cs1. The van der Waals surface area contributed by atoms with Crippen molar-refractivity contribution in [1.82, 2.24) is 19.8 Å². The Morgan fingerprint density at radius 1 is 0.909 bits per heavy atom. The summed E-state index contributed by atoms with van der Waals surface area (Å²) >= 11 is 1.66. The second-order valence-electron chi connectivity index (χ2n) is 5.75. The molecule has 0 atom stereocenters. The fourth-order valence-corrected chi connectivity index (χ4v) is 3.63. The molecule has 4 rings (SSSR count). The number of hydrogen-bond acceptors (Lipinski definition) is 5. The van der Waals surface area contributed by atoms with Gasteiger partial charge < -0.3 is 4.90 Å². The summed E-state index contributed by atoms with van der Waals surface area (Å²) in [7, 11) is 0. The van der Waals surface area contributed by atoms with Gasteiger partial charge in [0.2, 0.25) is 0 Å². The average molecular weight is 313 g/mol. The van der Waals surface area contributed by atoms with Gasteiger partial charge in [-0.15, -0.1) is 15.3 Å². The molecule has 0 saturated carbocycles. The second kappa shape index (κ2) is 6.04. The third-order valence-electron chi connectivity index (χ3n) is 4.21. The Morgan fingerprint density at radius 2 is 1.73 bits per heavy atom. The summed E-state index contributed by atoms with van der Waals surface area (Å²) < 4.78 is 1.87. The van der Waals surface area contributed by atoms with Crippen molar-refractivity contribution in [1.29, 1.82) is 0 Å². The van der Waals surface area contributed by atoms with E-state index >= 15 is 0 Å². The van der Waals surface area contributed by atoms with Crippen molar-refractivity contribution in [3.63, 3.8) is 0 Å². The van der Waals surface area contributed by atoms with Gasteiger partial charge >= 0.3 is 0 Å². The fourth-order valence-electron chi connectivity index (χ4n) is 3.00. The Morgan fingerprint density at radius 3 is 2.50 bits per heavy atom. The largest absolute Gasteiger partial charge is 0.355 e. The Hall–Kier alpha value is -1.95. The first kappa shape index (κ1) is 13.7. The van der Waals surface area contributed by atoms with E-state index < -0.39 is 0 Å². The fraction of sp³-hybridized carbons (Fsp3) is 0.438. The molecule has 22 heavy (non-hydrogen) atoms.